The van der Waals surface area contributed by atoms with Gasteiger partial charge >= 0.3 is 0 Å². The summed E-state index contributed by atoms with van der Waals surface area (Å²) in [4.78, 5) is 2.55. The Labute approximate surface area is 112 Å². The second-order valence-corrected chi connectivity index (χ2v) is 7.14. The molecule has 1 aliphatic heterocycles. The van der Waals surface area contributed by atoms with Gasteiger partial charge in [0.1, 0.15) is 0 Å². The van der Waals surface area contributed by atoms with E-state index in [0.29, 0.717) is 11.3 Å². The molecule has 1 heterocycles. The van der Waals surface area contributed by atoms with E-state index in [4.69, 9.17) is 0 Å². The minimum atomic E-state index is -0.0313. The molecule has 18 heavy (non-hydrogen) atoms. The van der Waals surface area contributed by atoms with Crippen LogP contribution in [-0.4, -0.2) is 48.3 Å². The predicted molar refractivity (Wildman–Crippen MR) is 75.7 cm³/mol. The van der Waals surface area contributed by atoms with Crippen LogP contribution in [0, 0.1) is 11.3 Å². The number of aliphatic hydroxyl groups excluding tert-OH is 1. The summed E-state index contributed by atoms with van der Waals surface area (Å²) in [7, 11) is 0. The first kappa shape index (κ1) is 14.3. The summed E-state index contributed by atoms with van der Waals surface area (Å²) in [5.74, 6) is 0.692. The molecule has 0 aromatic heterocycles. The van der Waals surface area contributed by atoms with Crippen LogP contribution in [0.3, 0.4) is 0 Å². The topological polar surface area (TPSA) is 35.5 Å². The molecule has 1 saturated heterocycles. The zero-order valence-electron chi connectivity index (χ0n) is 12.3. The average molecular weight is 254 g/mol. The smallest absolute Gasteiger partial charge is 0.0628 e. The van der Waals surface area contributed by atoms with Crippen LogP contribution in [0.4, 0.5) is 0 Å². The molecule has 0 aromatic carbocycles. The van der Waals surface area contributed by atoms with Gasteiger partial charge in [-0.2, -0.15) is 0 Å². The molecule has 1 aliphatic carbocycles. The number of nitrogens with one attached hydrogen (secondary N) is 1. The molecule has 0 amide bonds. The van der Waals surface area contributed by atoms with E-state index >= 15 is 0 Å². The molecule has 2 N–H and O–H groups in total. The van der Waals surface area contributed by atoms with E-state index < -0.39 is 0 Å². The normalized spacial score (nSPS) is 27.3. The van der Waals surface area contributed by atoms with Gasteiger partial charge in [0.05, 0.1) is 12.1 Å². The Morgan fingerprint density at radius 3 is 2.56 bits per heavy atom. The van der Waals surface area contributed by atoms with Crippen molar-refractivity contribution in [2.75, 3.05) is 32.8 Å². The van der Waals surface area contributed by atoms with Crippen LogP contribution in [0.15, 0.2) is 0 Å². The van der Waals surface area contributed by atoms with Crippen LogP contribution < -0.4 is 5.32 Å². The maximum atomic E-state index is 9.91. The van der Waals surface area contributed by atoms with Crippen LogP contribution in [0.2, 0.25) is 0 Å². The van der Waals surface area contributed by atoms with Crippen molar-refractivity contribution in [1.82, 2.24) is 10.2 Å². The molecular weight excluding hydrogens is 224 g/mol. The molecule has 2 fully saturated rings. The first-order chi connectivity index (χ1) is 8.51. The second-order valence-electron chi connectivity index (χ2n) is 7.14. The number of likely N-dealkylation sites (tertiary alicyclic amines) is 1. The molecule has 3 heteroatoms. The third-order valence-electron chi connectivity index (χ3n) is 4.63. The molecule has 0 radical (unpaired) electrons. The molecular formula is C15H30N2O. The Hall–Kier alpha value is -0.120. The molecule has 3 nitrogen and oxygen atoms in total. The van der Waals surface area contributed by atoms with Crippen LogP contribution in [-0.2, 0) is 0 Å². The summed E-state index contributed by atoms with van der Waals surface area (Å²) in [6.07, 6.45) is 5.00. The number of nitrogens with zero attached hydrogens (tertiary/aromatic N) is 1. The standard InChI is InChI=1S/C15H30N2O/c1-4-8-16-15(12-18,13-5-6-13)11-17-9-7-14(2,3)10-17/h13,16,18H,4-12H2,1-3H3. The summed E-state index contributed by atoms with van der Waals surface area (Å²) in [5.41, 5.74) is 0.423. The van der Waals surface area contributed by atoms with Crippen molar-refractivity contribution in [3.05, 3.63) is 0 Å². The van der Waals surface area contributed by atoms with Crippen LogP contribution in [0.5, 0.6) is 0 Å². The SMILES string of the molecule is CCCNC(CO)(CN1CCC(C)(C)C1)C1CC1. The second kappa shape index (κ2) is 5.48. The van der Waals surface area contributed by atoms with E-state index in [1.165, 1.54) is 32.4 Å². The highest BCUT2D eigenvalue weighted by Crippen LogP contribution is 2.41. The molecule has 106 valence electrons. The average Bonchev–Trinajstić information content (AvgIpc) is 3.11. The van der Waals surface area contributed by atoms with Crippen molar-refractivity contribution in [2.24, 2.45) is 11.3 Å². The minimum Gasteiger partial charge on any atom is -0.394 e. The Morgan fingerprint density at radius 1 is 1.39 bits per heavy atom. The fourth-order valence-corrected chi connectivity index (χ4v) is 3.33. The zero-order valence-corrected chi connectivity index (χ0v) is 12.3. The van der Waals surface area contributed by atoms with E-state index in [1.807, 2.05) is 0 Å². The summed E-state index contributed by atoms with van der Waals surface area (Å²) in [5, 5.41) is 13.6. The summed E-state index contributed by atoms with van der Waals surface area (Å²) in [6, 6.07) is 0. The number of rotatable bonds is 7. The number of hydrogen-bond donors (Lipinski definition) is 2. The Morgan fingerprint density at radius 2 is 2.11 bits per heavy atom. The van der Waals surface area contributed by atoms with E-state index in [0.717, 1.165) is 19.5 Å². The van der Waals surface area contributed by atoms with Crippen molar-refractivity contribution in [1.29, 1.82) is 0 Å². The summed E-state index contributed by atoms with van der Waals surface area (Å²) < 4.78 is 0. The summed E-state index contributed by atoms with van der Waals surface area (Å²) >= 11 is 0. The van der Waals surface area contributed by atoms with Gasteiger partial charge in [0.2, 0.25) is 0 Å². The van der Waals surface area contributed by atoms with Gasteiger partial charge in [-0.05, 0) is 50.1 Å². The number of aliphatic hydroxyl groups is 1. The lowest BCUT2D eigenvalue weighted by molar-refractivity contribution is 0.0964. The first-order valence-corrected chi connectivity index (χ1v) is 7.59. The highest BCUT2D eigenvalue weighted by molar-refractivity contribution is 5.04. The lowest BCUT2D eigenvalue weighted by Crippen LogP contribution is -2.58. The van der Waals surface area contributed by atoms with Crippen molar-refractivity contribution in [3.63, 3.8) is 0 Å². The first-order valence-electron chi connectivity index (χ1n) is 7.59. The Kier molecular flexibility index (Phi) is 4.35. The highest BCUT2D eigenvalue weighted by atomic mass is 16.3. The van der Waals surface area contributed by atoms with Crippen molar-refractivity contribution >= 4 is 0 Å². The quantitative estimate of drug-likeness (QED) is 0.728. The zero-order chi connectivity index (χ0) is 13.2. The van der Waals surface area contributed by atoms with E-state index in [9.17, 15) is 5.11 Å². The largest absolute Gasteiger partial charge is 0.394 e. The fourth-order valence-electron chi connectivity index (χ4n) is 3.33. The number of hydrogen-bond acceptors (Lipinski definition) is 3. The monoisotopic (exact) mass is 254 g/mol. The van der Waals surface area contributed by atoms with Gasteiger partial charge in [-0.3, -0.25) is 0 Å². The van der Waals surface area contributed by atoms with E-state index in [1.54, 1.807) is 0 Å². The Balaban J connectivity index is 1.96. The van der Waals surface area contributed by atoms with Gasteiger partial charge in [0.15, 0.2) is 0 Å². The molecule has 2 rings (SSSR count). The fraction of sp³-hybridized carbons (Fsp3) is 1.00. The van der Waals surface area contributed by atoms with E-state index in [2.05, 4.69) is 31.0 Å². The van der Waals surface area contributed by atoms with Crippen molar-refractivity contribution in [3.8, 4) is 0 Å². The molecule has 2 aliphatic rings. The Bertz CT molecular complexity index is 276. The minimum absolute atomic E-state index is 0.0313. The molecule has 0 spiro atoms. The van der Waals surface area contributed by atoms with Gasteiger partial charge < -0.3 is 15.3 Å². The van der Waals surface area contributed by atoms with Gasteiger partial charge in [-0.25, -0.2) is 0 Å². The van der Waals surface area contributed by atoms with Crippen LogP contribution in [0.1, 0.15) is 46.5 Å². The van der Waals surface area contributed by atoms with Crippen molar-refractivity contribution in [2.45, 2.75) is 52.0 Å². The third-order valence-corrected chi connectivity index (χ3v) is 4.63. The van der Waals surface area contributed by atoms with Crippen LogP contribution in [0.25, 0.3) is 0 Å². The van der Waals surface area contributed by atoms with Crippen LogP contribution >= 0.6 is 0 Å². The van der Waals surface area contributed by atoms with Gasteiger partial charge in [0.25, 0.3) is 0 Å². The van der Waals surface area contributed by atoms with Gasteiger partial charge in [-0.1, -0.05) is 20.8 Å². The van der Waals surface area contributed by atoms with Crippen molar-refractivity contribution < 1.29 is 5.11 Å². The van der Waals surface area contributed by atoms with Gasteiger partial charge in [-0.15, -0.1) is 0 Å². The highest BCUT2D eigenvalue weighted by Gasteiger charge is 2.46. The summed E-state index contributed by atoms with van der Waals surface area (Å²) in [6.45, 7) is 11.6. The molecule has 1 atom stereocenters. The lowest BCUT2D eigenvalue weighted by Gasteiger charge is -2.37. The maximum Gasteiger partial charge on any atom is 0.0628 e. The molecule has 0 aromatic rings. The lowest BCUT2D eigenvalue weighted by atomic mass is 9.91. The maximum absolute atomic E-state index is 9.91. The molecule has 1 unspecified atom stereocenters. The predicted octanol–water partition coefficient (Wildman–Crippen LogP) is 1.86. The molecule has 0 bridgehead atoms. The van der Waals surface area contributed by atoms with Gasteiger partial charge in [0, 0.05) is 13.1 Å². The van der Waals surface area contributed by atoms with E-state index in [-0.39, 0.29) is 12.1 Å². The third kappa shape index (κ3) is 3.25. The molecule has 1 saturated carbocycles.